The number of hydrogen-bond donors (Lipinski definition) is 1. The molecule has 1 heteroatoms. The molecule has 3 rings (SSSR count). The van der Waals surface area contributed by atoms with Crippen LogP contribution in [0.25, 0.3) is 11.1 Å². The van der Waals surface area contributed by atoms with E-state index in [1.807, 2.05) is 12.1 Å². The second kappa shape index (κ2) is 12.5. The van der Waals surface area contributed by atoms with Crippen LogP contribution in [0.3, 0.4) is 0 Å². The van der Waals surface area contributed by atoms with Crippen molar-refractivity contribution in [2.24, 2.45) is 0 Å². The Balaban J connectivity index is 1.78. The Kier molecular flexibility index (Phi) is 9.39. The van der Waals surface area contributed by atoms with Gasteiger partial charge in [0.05, 0.1) is 0 Å². The van der Waals surface area contributed by atoms with Gasteiger partial charge in [-0.15, -0.1) is 6.42 Å². The molecule has 0 saturated carbocycles. The molecule has 3 aromatic carbocycles. The fourth-order valence-corrected chi connectivity index (χ4v) is 5.31. The third-order valence-electron chi connectivity index (χ3n) is 7.23. The molecule has 0 aliphatic rings. The number of anilines is 1. The van der Waals surface area contributed by atoms with Gasteiger partial charge >= 0.3 is 0 Å². The van der Waals surface area contributed by atoms with Crippen molar-refractivity contribution >= 4 is 5.69 Å². The monoisotopic (exact) mass is 463 g/mol. The normalized spacial score (nSPS) is 11.2. The van der Waals surface area contributed by atoms with Crippen LogP contribution in [0.15, 0.2) is 79.0 Å². The average Bonchev–Trinajstić information content (AvgIpc) is 2.88. The molecule has 0 aliphatic carbocycles. The molecule has 1 nitrogen and oxygen atoms in total. The zero-order chi connectivity index (χ0) is 25.3. The lowest BCUT2D eigenvalue weighted by atomic mass is 9.70. The molecule has 0 aliphatic heterocycles. The first-order valence-electron chi connectivity index (χ1n) is 13.2. The maximum absolute atomic E-state index is 5.58. The highest BCUT2D eigenvalue weighted by molar-refractivity contribution is 5.64. The van der Waals surface area contributed by atoms with Crippen molar-refractivity contribution in [1.82, 2.24) is 0 Å². The number of benzene rings is 3. The quantitative estimate of drug-likeness (QED) is 0.264. The molecule has 0 unspecified atom stereocenters. The van der Waals surface area contributed by atoms with Crippen LogP contribution in [0.5, 0.6) is 0 Å². The largest absolute Gasteiger partial charge is 0.359 e. The van der Waals surface area contributed by atoms with Crippen molar-refractivity contribution in [3.05, 3.63) is 101 Å². The third-order valence-corrected chi connectivity index (χ3v) is 7.23. The van der Waals surface area contributed by atoms with Crippen LogP contribution < -0.4 is 5.32 Å². The van der Waals surface area contributed by atoms with Crippen LogP contribution in [-0.4, -0.2) is 0 Å². The second-order valence-electron chi connectivity index (χ2n) is 9.81. The summed E-state index contributed by atoms with van der Waals surface area (Å²) in [6, 6.07) is 24.4. The van der Waals surface area contributed by atoms with Gasteiger partial charge in [-0.25, -0.2) is 0 Å². The zero-order valence-electron chi connectivity index (χ0n) is 22.1. The van der Waals surface area contributed by atoms with Gasteiger partial charge in [-0.1, -0.05) is 94.6 Å². The highest BCUT2D eigenvalue weighted by Gasteiger charge is 2.30. The molecular weight excluding hydrogens is 422 g/mol. The van der Waals surface area contributed by atoms with E-state index in [9.17, 15) is 0 Å². The highest BCUT2D eigenvalue weighted by Crippen LogP contribution is 2.40. The summed E-state index contributed by atoms with van der Waals surface area (Å²) >= 11 is 0. The number of allylic oxidation sites excluding steroid dienone is 1. The van der Waals surface area contributed by atoms with E-state index in [4.69, 9.17) is 6.42 Å². The lowest BCUT2D eigenvalue weighted by Gasteiger charge is -2.35. The number of rotatable bonds is 12. The summed E-state index contributed by atoms with van der Waals surface area (Å²) in [5.74, 6) is 2.74. The molecular formula is C34H41N. The Morgan fingerprint density at radius 1 is 0.886 bits per heavy atom. The first-order chi connectivity index (χ1) is 16.9. The van der Waals surface area contributed by atoms with E-state index < -0.39 is 0 Å². The van der Waals surface area contributed by atoms with Crippen LogP contribution in [-0.2, 0) is 11.8 Å². The lowest BCUT2D eigenvalue weighted by molar-refractivity contribution is 0.330. The maximum Gasteiger partial charge on any atom is 0.0385 e. The summed E-state index contributed by atoms with van der Waals surface area (Å²) < 4.78 is 0. The van der Waals surface area contributed by atoms with Gasteiger partial charge in [0, 0.05) is 16.9 Å². The number of terminal acetylenes is 1. The Morgan fingerprint density at radius 3 is 2.20 bits per heavy atom. The van der Waals surface area contributed by atoms with E-state index >= 15 is 0 Å². The topological polar surface area (TPSA) is 12.0 Å². The van der Waals surface area contributed by atoms with E-state index in [1.165, 1.54) is 47.9 Å². The van der Waals surface area contributed by atoms with E-state index in [0.29, 0.717) is 0 Å². The predicted octanol–water partition coefficient (Wildman–Crippen LogP) is 9.45. The van der Waals surface area contributed by atoms with Crippen LogP contribution in [0, 0.1) is 19.3 Å². The number of nitrogens with one attached hydrogen (secondary N) is 1. The van der Waals surface area contributed by atoms with E-state index in [1.54, 1.807) is 0 Å². The molecule has 3 aromatic rings. The molecule has 0 amide bonds. The number of aryl methyl sites for hydroxylation is 2. The molecule has 0 saturated heterocycles. The fourth-order valence-electron chi connectivity index (χ4n) is 5.31. The van der Waals surface area contributed by atoms with Crippen molar-refractivity contribution in [1.29, 1.82) is 0 Å². The molecule has 0 heterocycles. The Labute approximate surface area is 213 Å². The Hall–Kier alpha value is -3.24. The fraction of sp³-hybridized carbons (Fsp3) is 0.353. The molecule has 0 bridgehead atoms. The van der Waals surface area contributed by atoms with Crippen molar-refractivity contribution < 1.29 is 0 Å². The summed E-state index contributed by atoms with van der Waals surface area (Å²) in [6.07, 6.45) is 13.4. The molecule has 35 heavy (non-hydrogen) atoms. The van der Waals surface area contributed by atoms with Crippen molar-refractivity contribution in [2.75, 3.05) is 5.32 Å². The van der Waals surface area contributed by atoms with Crippen LogP contribution in [0.1, 0.15) is 81.5 Å². The minimum absolute atomic E-state index is 0.168. The summed E-state index contributed by atoms with van der Waals surface area (Å²) in [7, 11) is 0. The minimum Gasteiger partial charge on any atom is -0.359 e. The van der Waals surface area contributed by atoms with E-state index in [2.05, 4.69) is 100 Å². The molecule has 0 atom stereocenters. The third kappa shape index (κ3) is 6.67. The molecule has 182 valence electrons. The molecule has 0 spiro atoms. The predicted molar refractivity (Wildman–Crippen MR) is 154 cm³/mol. The second-order valence-corrected chi connectivity index (χ2v) is 9.81. The summed E-state index contributed by atoms with van der Waals surface area (Å²) in [4.78, 5) is 0. The first-order valence-corrected chi connectivity index (χ1v) is 13.2. The smallest absolute Gasteiger partial charge is 0.0385 e. The van der Waals surface area contributed by atoms with Crippen molar-refractivity contribution in [3.8, 4) is 23.5 Å². The number of hydrogen-bond acceptors (Lipinski definition) is 1. The van der Waals surface area contributed by atoms with Gasteiger partial charge < -0.3 is 5.32 Å². The first kappa shape index (κ1) is 26.4. The lowest BCUT2D eigenvalue weighted by Crippen LogP contribution is -2.26. The van der Waals surface area contributed by atoms with Gasteiger partial charge in [0.25, 0.3) is 0 Å². The summed E-state index contributed by atoms with van der Waals surface area (Å²) in [6.45, 7) is 13.2. The average molecular weight is 464 g/mol. The maximum atomic E-state index is 5.58. The van der Waals surface area contributed by atoms with Gasteiger partial charge in [0.2, 0.25) is 0 Å². The van der Waals surface area contributed by atoms with E-state index in [-0.39, 0.29) is 5.41 Å². The SMILES string of the molecule is C#Cc1ccc(NC(=C)CCC(CCC)(CCC)c2ccc(-c3cccc(CC)c3)cc2)cc1C. The standard InChI is InChI=1S/C34H41N/c1-7-21-34(22-8-2,23-20-27(6)35-33-19-16-29(10-4)26(5)24-33)32-17-14-30(15-18-32)31-13-11-12-28(9-3)25-31/h4,11-19,24-25,35H,6-9,20-23H2,1-3,5H3. The Morgan fingerprint density at radius 2 is 1.60 bits per heavy atom. The van der Waals surface area contributed by atoms with Crippen LogP contribution in [0.2, 0.25) is 0 Å². The zero-order valence-corrected chi connectivity index (χ0v) is 22.1. The van der Waals surface area contributed by atoms with Gasteiger partial charge in [0.1, 0.15) is 0 Å². The van der Waals surface area contributed by atoms with Crippen LogP contribution in [0.4, 0.5) is 5.69 Å². The van der Waals surface area contributed by atoms with Gasteiger partial charge in [-0.2, -0.15) is 0 Å². The molecule has 0 fully saturated rings. The van der Waals surface area contributed by atoms with Crippen LogP contribution >= 0.6 is 0 Å². The minimum atomic E-state index is 0.168. The van der Waals surface area contributed by atoms with Gasteiger partial charge in [-0.05, 0) is 90.5 Å². The van der Waals surface area contributed by atoms with Crippen molar-refractivity contribution in [3.63, 3.8) is 0 Å². The highest BCUT2D eigenvalue weighted by atomic mass is 14.9. The Bertz CT molecular complexity index is 1150. The summed E-state index contributed by atoms with van der Waals surface area (Å²) in [5.41, 5.74) is 9.77. The van der Waals surface area contributed by atoms with Gasteiger partial charge in [0.15, 0.2) is 0 Å². The van der Waals surface area contributed by atoms with Gasteiger partial charge in [-0.3, -0.25) is 0 Å². The molecule has 0 aromatic heterocycles. The summed E-state index contributed by atoms with van der Waals surface area (Å²) in [5, 5.41) is 3.52. The molecule has 1 N–H and O–H groups in total. The van der Waals surface area contributed by atoms with E-state index in [0.717, 1.165) is 41.8 Å². The molecule has 0 radical (unpaired) electrons. The van der Waals surface area contributed by atoms with Crippen molar-refractivity contribution in [2.45, 2.75) is 78.1 Å².